The van der Waals surface area contributed by atoms with Gasteiger partial charge in [-0.1, -0.05) is 43.2 Å². The minimum absolute atomic E-state index is 0.788. The monoisotopic (exact) mass is 396 g/mol. The number of nitrogens with zero attached hydrogens (tertiary/aromatic N) is 1. The van der Waals surface area contributed by atoms with E-state index >= 15 is 0 Å². The van der Waals surface area contributed by atoms with E-state index in [4.69, 9.17) is 19.8 Å². The fraction of sp³-hybridized carbons (Fsp3) is 0.500. The van der Waals surface area contributed by atoms with Crippen LogP contribution in [-0.4, -0.2) is 45.5 Å². The normalized spacial score (nSPS) is 14.6. The van der Waals surface area contributed by atoms with Gasteiger partial charge in [-0.25, -0.2) is 14.6 Å². The molecule has 1 aromatic heterocycles. The van der Waals surface area contributed by atoms with E-state index in [0.29, 0.717) is 0 Å². The third-order valence-electron chi connectivity index (χ3n) is 4.04. The summed E-state index contributed by atoms with van der Waals surface area (Å²) in [7, 11) is 0. The average molecular weight is 397 g/mol. The summed E-state index contributed by atoms with van der Waals surface area (Å²) >= 11 is 3.71. The smallest absolute Gasteiger partial charge is 0.414 e. The zero-order valence-corrected chi connectivity index (χ0v) is 16.2. The highest BCUT2D eigenvalue weighted by atomic mass is 32.2. The second kappa shape index (κ2) is 11.2. The molecule has 142 valence electrons. The van der Waals surface area contributed by atoms with E-state index in [1.54, 1.807) is 0 Å². The minimum atomic E-state index is -1.82. The third-order valence-corrected chi connectivity index (χ3v) is 6.31. The molecule has 6 nitrogen and oxygen atoms in total. The molecule has 1 heterocycles. The molecule has 26 heavy (non-hydrogen) atoms. The number of fused-ring (bicyclic) bond motifs is 1. The Morgan fingerprint density at radius 3 is 2.50 bits per heavy atom. The van der Waals surface area contributed by atoms with Crippen LogP contribution in [0.2, 0.25) is 0 Å². The van der Waals surface area contributed by atoms with E-state index in [2.05, 4.69) is 34.6 Å². The van der Waals surface area contributed by atoms with Crippen LogP contribution in [0.5, 0.6) is 0 Å². The van der Waals surface area contributed by atoms with Crippen LogP contribution in [0, 0.1) is 0 Å². The molecular formula is C18H24N2O4S2. The molecule has 0 bridgehead atoms. The largest absolute Gasteiger partial charge is 0.473 e. The molecule has 3 N–H and O–H groups in total. The van der Waals surface area contributed by atoms with E-state index in [0.717, 1.165) is 18.1 Å². The molecular weight excluding hydrogens is 372 g/mol. The number of thiazole rings is 1. The molecule has 0 saturated heterocycles. The molecule has 0 aliphatic heterocycles. The van der Waals surface area contributed by atoms with Crippen LogP contribution in [0.3, 0.4) is 0 Å². The first-order valence-electron chi connectivity index (χ1n) is 8.74. The number of carboxylic acid groups (broad SMARTS) is 2. The molecule has 1 aliphatic carbocycles. The summed E-state index contributed by atoms with van der Waals surface area (Å²) in [4.78, 5) is 22.9. The van der Waals surface area contributed by atoms with Crippen molar-refractivity contribution < 1.29 is 19.8 Å². The van der Waals surface area contributed by atoms with Gasteiger partial charge in [-0.05, 0) is 37.9 Å². The summed E-state index contributed by atoms with van der Waals surface area (Å²) in [6.07, 6.45) is 8.26. The molecule has 0 atom stereocenters. The number of carboxylic acids is 2. The number of benzene rings is 1. The molecule has 0 radical (unpaired) electrons. The van der Waals surface area contributed by atoms with Crippen molar-refractivity contribution in [2.24, 2.45) is 0 Å². The van der Waals surface area contributed by atoms with Gasteiger partial charge in [0.05, 0.1) is 10.2 Å². The molecule has 1 saturated carbocycles. The molecule has 1 aromatic carbocycles. The lowest BCUT2D eigenvalue weighted by Gasteiger charge is -2.22. The van der Waals surface area contributed by atoms with Gasteiger partial charge in [-0.2, -0.15) is 0 Å². The second-order valence-electron chi connectivity index (χ2n) is 6.05. The first-order chi connectivity index (χ1) is 12.6. The van der Waals surface area contributed by atoms with Crippen LogP contribution in [0.4, 0.5) is 0 Å². The van der Waals surface area contributed by atoms with Crippen molar-refractivity contribution >= 4 is 45.3 Å². The number of thioether (sulfide) groups is 1. The van der Waals surface area contributed by atoms with E-state index in [1.807, 2.05) is 23.1 Å². The Kier molecular flexibility index (Phi) is 8.87. The predicted molar refractivity (Wildman–Crippen MR) is 105 cm³/mol. The van der Waals surface area contributed by atoms with Crippen LogP contribution in [0.25, 0.3) is 10.2 Å². The third kappa shape index (κ3) is 7.31. The van der Waals surface area contributed by atoms with Gasteiger partial charge in [0.1, 0.15) is 0 Å². The van der Waals surface area contributed by atoms with E-state index in [-0.39, 0.29) is 0 Å². The average Bonchev–Trinajstić information content (AvgIpc) is 3.05. The summed E-state index contributed by atoms with van der Waals surface area (Å²) < 4.78 is 2.51. The van der Waals surface area contributed by atoms with Gasteiger partial charge >= 0.3 is 11.9 Å². The van der Waals surface area contributed by atoms with E-state index in [1.165, 1.54) is 53.3 Å². The number of aromatic nitrogens is 1. The van der Waals surface area contributed by atoms with Gasteiger partial charge in [0, 0.05) is 11.8 Å². The van der Waals surface area contributed by atoms with Gasteiger partial charge in [-0.3, -0.25) is 0 Å². The van der Waals surface area contributed by atoms with E-state index in [9.17, 15) is 0 Å². The molecule has 0 amide bonds. The topological polar surface area (TPSA) is 99.5 Å². The lowest BCUT2D eigenvalue weighted by atomic mass is 9.95. The summed E-state index contributed by atoms with van der Waals surface area (Å²) in [5, 5.41) is 18.5. The molecule has 0 unspecified atom stereocenters. The number of hydrogen-bond donors (Lipinski definition) is 3. The Morgan fingerprint density at radius 1 is 1.15 bits per heavy atom. The summed E-state index contributed by atoms with van der Waals surface area (Å²) in [5.41, 5.74) is 1.14. The van der Waals surface area contributed by atoms with Gasteiger partial charge in [-0.15, -0.1) is 11.3 Å². The maximum Gasteiger partial charge on any atom is 0.414 e. The summed E-state index contributed by atoms with van der Waals surface area (Å²) in [6.45, 7) is 1.16. The van der Waals surface area contributed by atoms with Crippen LogP contribution in [0.15, 0.2) is 28.6 Å². The number of carbonyl (C=O) groups is 2. The summed E-state index contributed by atoms with van der Waals surface area (Å²) in [6, 6.07) is 9.19. The van der Waals surface area contributed by atoms with Gasteiger partial charge in [0.25, 0.3) is 0 Å². The summed E-state index contributed by atoms with van der Waals surface area (Å²) in [5.74, 6) is -2.48. The van der Waals surface area contributed by atoms with Crippen molar-refractivity contribution in [3.63, 3.8) is 0 Å². The molecule has 3 rings (SSSR count). The number of aliphatic carboxylic acids is 2. The molecule has 0 spiro atoms. The Balaban J connectivity index is 0.000000352. The highest BCUT2D eigenvalue weighted by Crippen LogP contribution is 2.29. The van der Waals surface area contributed by atoms with Crippen molar-refractivity contribution in [1.82, 2.24) is 10.3 Å². The number of nitrogens with one attached hydrogen (secondary N) is 1. The van der Waals surface area contributed by atoms with Crippen molar-refractivity contribution in [3.05, 3.63) is 24.3 Å². The maximum absolute atomic E-state index is 9.10. The van der Waals surface area contributed by atoms with Crippen molar-refractivity contribution in [2.45, 2.75) is 48.9 Å². The van der Waals surface area contributed by atoms with E-state index < -0.39 is 11.9 Å². The Hall–Kier alpha value is -1.64. The van der Waals surface area contributed by atoms with Gasteiger partial charge < -0.3 is 15.5 Å². The zero-order chi connectivity index (χ0) is 18.8. The number of para-hydroxylation sites is 1. The SMILES string of the molecule is O=C(O)C(=O)O.c1ccc2sc(SCCCNC3CCCCC3)nc2c1. The fourth-order valence-electron chi connectivity index (χ4n) is 2.76. The molecule has 2 aromatic rings. The molecule has 1 aliphatic rings. The second-order valence-corrected chi connectivity index (χ2v) is 8.42. The highest BCUT2D eigenvalue weighted by Gasteiger charge is 2.11. The highest BCUT2D eigenvalue weighted by molar-refractivity contribution is 8.01. The standard InChI is InChI=1S/C16H22N2S2.C2H2O4/c1-2-7-13(8-3-1)17-11-6-12-19-16-18-14-9-4-5-10-15(14)20-16;3-1(4)2(5)6/h4-5,9-10,13,17H,1-3,6-8,11-12H2;(H,3,4)(H,5,6). The van der Waals surface area contributed by atoms with Gasteiger partial charge in [0.15, 0.2) is 4.34 Å². The predicted octanol–water partition coefficient (Wildman–Crippen LogP) is 3.86. The van der Waals surface area contributed by atoms with Crippen molar-refractivity contribution in [3.8, 4) is 0 Å². The van der Waals surface area contributed by atoms with Crippen molar-refractivity contribution in [1.29, 1.82) is 0 Å². The van der Waals surface area contributed by atoms with Crippen LogP contribution in [0.1, 0.15) is 38.5 Å². The zero-order valence-electron chi connectivity index (χ0n) is 14.5. The van der Waals surface area contributed by atoms with Crippen molar-refractivity contribution in [2.75, 3.05) is 12.3 Å². The first-order valence-corrected chi connectivity index (χ1v) is 10.5. The first kappa shape index (κ1) is 20.7. The Labute approximate surface area is 161 Å². The Bertz CT molecular complexity index is 669. The lowest BCUT2D eigenvalue weighted by Crippen LogP contribution is -2.31. The van der Waals surface area contributed by atoms with Crippen LogP contribution in [-0.2, 0) is 9.59 Å². The fourth-order valence-corrected chi connectivity index (χ4v) is 4.84. The quantitative estimate of drug-likeness (QED) is 0.387. The number of hydrogen-bond acceptors (Lipinski definition) is 6. The number of rotatable bonds is 6. The molecule has 1 fully saturated rings. The minimum Gasteiger partial charge on any atom is -0.473 e. The van der Waals surface area contributed by atoms with Gasteiger partial charge in [0.2, 0.25) is 0 Å². The Morgan fingerprint density at radius 2 is 1.85 bits per heavy atom. The van der Waals surface area contributed by atoms with Crippen LogP contribution < -0.4 is 5.32 Å². The molecule has 8 heteroatoms. The maximum atomic E-state index is 9.10. The lowest BCUT2D eigenvalue weighted by molar-refractivity contribution is -0.159. The van der Waals surface area contributed by atoms with Crippen LogP contribution >= 0.6 is 23.1 Å².